The Labute approximate surface area is 116 Å². The third-order valence-corrected chi connectivity index (χ3v) is 4.38. The molecular weight excluding hydrogens is 260 g/mol. The summed E-state index contributed by atoms with van der Waals surface area (Å²) in [7, 11) is 0. The van der Waals surface area contributed by atoms with Crippen molar-refractivity contribution in [2.75, 3.05) is 5.75 Å². The fourth-order valence-electron chi connectivity index (χ4n) is 1.62. The summed E-state index contributed by atoms with van der Waals surface area (Å²) in [5.74, 6) is 0.700. The van der Waals surface area contributed by atoms with Gasteiger partial charge in [-0.05, 0) is 24.1 Å². The van der Waals surface area contributed by atoms with E-state index in [1.165, 1.54) is 6.33 Å². The quantitative estimate of drug-likeness (QED) is 0.669. The molecule has 1 atom stereocenters. The maximum Gasteiger partial charge on any atom is 0.335 e. The second kappa shape index (κ2) is 6.02. The summed E-state index contributed by atoms with van der Waals surface area (Å²) >= 11 is 1.70. The molecule has 0 aliphatic carbocycles. The lowest BCUT2D eigenvalue weighted by molar-refractivity contribution is 0.0697. The van der Waals surface area contributed by atoms with E-state index in [0.717, 1.165) is 22.6 Å². The van der Waals surface area contributed by atoms with E-state index in [1.807, 2.05) is 0 Å². The summed E-state index contributed by atoms with van der Waals surface area (Å²) in [5.41, 5.74) is 0.936. The van der Waals surface area contributed by atoms with Crippen molar-refractivity contribution in [2.24, 2.45) is 5.92 Å². The first kappa shape index (κ1) is 13.8. The van der Waals surface area contributed by atoms with E-state index < -0.39 is 5.97 Å². The molecule has 0 saturated heterocycles. The van der Waals surface area contributed by atoms with Crippen molar-refractivity contribution >= 4 is 28.6 Å². The van der Waals surface area contributed by atoms with Crippen molar-refractivity contribution in [3.8, 4) is 0 Å². The zero-order chi connectivity index (χ0) is 13.8. The van der Waals surface area contributed by atoms with E-state index in [-0.39, 0.29) is 5.56 Å². The molecule has 0 spiro atoms. The number of hydrogen-bond donors (Lipinski definition) is 1. The molecule has 0 saturated carbocycles. The Morgan fingerprint density at radius 3 is 2.89 bits per heavy atom. The number of nitrogens with zero attached hydrogens (tertiary/aromatic N) is 2. The van der Waals surface area contributed by atoms with Crippen LogP contribution in [-0.4, -0.2) is 26.8 Å². The molecule has 0 aliphatic heterocycles. The molecule has 0 radical (unpaired) electrons. The van der Waals surface area contributed by atoms with Crippen LogP contribution in [0.3, 0.4) is 0 Å². The molecule has 2 rings (SSSR count). The lowest BCUT2D eigenvalue weighted by atomic mass is 10.1. The second-order valence-corrected chi connectivity index (χ2v) is 5.55. The Morgan fingerprint density at radius 2 is 2.21 bits per heavy atom. The van der Waals surface area contributed by atoms with Gasteiger partial charge in [0.15, 0.2) is 0 Å². The van der Waals surface area contributed by atoms with Gasteiger partial charge in [0.2, 0.25) is 0 Å². The Morgan fingerprint density at radius 1 is 1.42 bits per heavy atom. The zero-order valence-electron chi connectivity index (χ0n) is 11.0. The van der Waals surface area contributed by atoms with Gasteiger partial charge in [0.05, 0.1) is 11.1 Å². The van der Waals surface area contributed by atoms with Gasteiger partial charge in [0, 0.05) is 11.1 Å². The molecule has 1 unspecified atom stereocenters. The van der Waals surface area contributed by atoms with Gasteiger partial charge < -0.3 is 5.11 Å². The second-order valence-electron chi connectivity index (χ2n) is 4.54. The first-order valence-electron chi connectivity index (χ1n) is 6.22. The number of aromatic carboxylic acids is 1. The Hall–Kier alpha value is -1.62. The van der Waals surface area contributed by atoms with E-state index in [4.69, 9.17) is 5.11 Å². The van der Waals surface area contributed by atoms with Crippen molar-refractivity contribution in [2.45, 2.75) is 25.3 Å². The maximum absolute atomic E-state index is 10.9. The van der Waals surface area contributed by atoms with Crippen molar-refractivity contribution in [3.05, 3.63) is 30.1 Å². The number of rotatable bonds is 5. The van der Waals surface area contributed by atoms with E-state index >= 15 is 0 Å². The van der Waals surface area contributed by atoms with Crippen LogP contribution < -0.4 is 0 Å². The maximum atomic E-state index is 10.9. The molecule has 0 aliphatic rings. The summed E-state index contributed by atoms with van der Waals surface area (Å²) < 4.78 is 0. The van der Waals surface area contributed by atoms with Crippen LogP contribution in [-0.2, 0) is 0 Å². The van der Waals surface area contributed by atoms with Crippen molar-refractivity contribution < 1.29 is 9.90 Å². The van der Waals surface area contributed by atoms with E-state index in [9.17, 15) is 4.79 Å². The van der Waals surface area contributed by atoms with E-state index in [1.54, 1.807) is 30.0 Å². The van der Waals surface area contributed by atoms with Crippen LogP contribution in [0.4, 0.5) is 0 Å². The molecule has 4 nitrogen and oxygen atoms in total. The SMILES string of the molecule is CCC(C)CSc1ncnc2cc(C(=O)O)ccc12. The first-order chi connectivity index (χ1) is 9.11. The van der Waals surface area contributed by atoms with Crippen LogP contribution in [0.1, 0.15) is 30.6 Å². The summed E-state index contributed by atoms with van der Waals surface area (Å²) in [5, 5.41) is 10.8. The van der Waals surface area contributed by atoms with Gasteiger partial charge in [-0.15, -0.1) is 11.8 Å². The molecule has 1 N–H and O–H groups in total. The molecule has 1 aromatic carbocycles. The van der Waals surface area contributed by atoms with Gasteiger partial charge in [0.25, 0.3) is 0 Å². The molecule has 0 bridgehead atoms. The predicted molar refractivity (Wildman–Crippen MR) is 76.7 cm³/mol. The molecule has 0 amide bonds. The average Bonchev–Trinajstić information content (AvgIpc) is 2.43. The molecular formula is C14H16N2O2S. The van der Waals surface area contributed by atoms with Crippen LogP contribution in [0.5, 0.6) is 0 Å². The number of carbonyl (C=O) groups is 1. The molecule has 1 aromatic heterocycles. The molecule has 100 valence electrons. The number of carboxylic acids is 1. The lowest BCUT2D eigenvalue weighted by Crippen LogP contribution is -1.98. The summed E-state index contributed by atoms with van der Waals surface area (Å²) in [6, 6.07) is 4.98. The normalized spacial score (nSPS) is 12.5. The third kappa shape index (κ3) is 3.23. The van der Waals surface area contributed by atoms with Gasteiger partial charge in [-0.25, -0.2) is 14.8 Å². The minimum absolute atomic E-state index is 0.254. The predicted octanol–water partition coefficient (Wildman–Crippen LogP) is 3.47. The van der Waals surface area contributed by atoms with E-state index in [2.05, 4.69) is 23.8 Å². The van der Waals surface area contributed by atoms with Crippen molar-refractivity contribution in [1.29, 1.82) is 0 Å². The lowest BCUT2D eigenvalue weighted by Gasteiger charge is -2.09. The summed E-state index contributed by atoms with van der Waals surface area (Å²) in [4.78, 5) is 19.4. The highest BCUT2D eigenvalue weighted by Crippen LogP contribution is 2.27. The Bertz CT molecular complexity index is 601. The number of benzene rings is 1. The van der Waals surface area contributed by atoms with Gasteiger partial charge >= 0.3 is 5.97 Å². The van der Waals surface area contributed by atoms with Crippen LogP contribution in [0.2, 0.25) is 0 Å². The first-order valence-corrected chi connectivity index (χ1v) is 7.21. The standard InChI is InChI=1S/C14H16N2O2S/c1-3-9(2)7-19-13-11-5-4-10(14(17)18)6-12(11)15-8-16-13/h4-6,8-9H,3,7H2,1-2H3,(H,17,18). The third-order valence-electron chi connectivity index (χ3n) is 3.05. The Balaban J connectivity index is 2.32. The van der Waals surface area contributed by atoms with E-state index in [0.29, 0.717) is 11.4 Å². The fraction of sp³-hybridized carbons (Fsp3) is 0.357. The highest BCUT2D eigenvalue weighted by atomic mass is 32.2. The number of hydrogen-bond acceptors (Lipinski definition) is 4. The van der Waals surface area contributed by atoms with Crippen LogP contribution in [0.15, 0.2) is 29.6 Å². The molecule has 0 fully saturated rings. The summed E-state index contributed by atoms with van der Waals surface area (Å²) in [6.07, 6.45) is 2.63. The van der Waals surface area contributed by atoms with Crippen LogP contribution >= 0.6 is 11.8 Å². The molecule has 19 heavy (non-hydrogen) atoms. The summed E-state index contributed by atoms with van der Waals surface area (Å²) in [6.45, 7) is 4.38. The highest BCUT2D eigenvalue weighted by molar-refractivity contribution is 7.99. The van der Waals surface area contributed by atoms with Crippen LogP contribution in [0.25, 0.3) is 10.9 Å². The van der Waals surface area contributed by atoms with Crippen molar-refractivity contribution in [1.82, 2.24) is 9.97 Å². The molecule has 2 aromatic rings. The van der Waals surface area contributed by atoms with Gasteiger partial charge in [-0.2, -0.15) is 0 Å². The highest BCUT2D eigenvalue weighted by Gasteiger charge is 2.09. The number of aromatic nitrogens is 2. The Kier molecular flexibility index (Phi) is 4.37. The monoisotopic (exact) mass is 276 g/mol. The minimum Gasteiger partial charge on any atom is -0.478 e. The average molecular weight is 276 g/mol. The van der Waals surface area contributed by atoms with Crippen molar-refractivity contribution in [3.63, 3.8) is 0 Å². The fourth-order valence-corrected chi connectivity index (χ4v) is 2.75. The van der Waals surface area contributed by atoms with Crippen LogP contribution in [0, 0.1) is 5.92 Å². The number of thioether (sulfide) groups is 1. The van der Waals surface area contributed by atoms with Gasteiger partial charge in [0.1, 0.15) is 11.4 Å². The molecule has 1 heterocycles. The minimum atomic E-state index is -0.936. The zero-order valence-corrected chi connectivity index (χ0v) is 11.8. The topological polar surface area (TPSA) is 63.1 Å². The van der Waals surface area contributed by atoms with Gasteiger partial charge in [-0.3, -0.25) is 0 Å². The number of carboxylic acid groups (broad SMARTS) is 1. The largest absolute Gasteiger partial charge is 0.478 e. The number of fused-ring (bicyclic) bond motifs is 1. The molecule has 5 heteroatoms. The van der Waals surface area contributed by atoms with Gasteiger partial charge in [-0.1, -0.05) is 20.3 Å². The smallest absolute Gasteiger partial charge is 0.335 e.